The predicted octanol–water partition coefficient (Wildman–Crippen LogP) is 1.36. The van der Waals surface area contributed by atoms with Gasteiger partial charge in [0.25, 0.3) is 5.69 Å². The lowest BCUT2D eigenvalue weighted by molar-refractivity contribution is -0.384. The van der Waals surface area contributed by atoms with Gasteiger partial charge in [-0.1, -0.05) is 19.6 Å². The van der Waals surface area contributed by atoms with Crippen molar-refractivity contribution in [1.29, 1.82) is 0 Å². The number of non-ortho nitro benzene ring substituents is 1. The summed E-state index contributed by atoms with van der Waals surface area (Å²) in [5.41, 5.74) is -0.223. The number of nitrogens with zero attached hydrogens (tertiary/aromatic N) is 3. The van der Waals surface area contributed by atoms with E-state index in [9.17, 15) is 28.4 Å². The number of piperazine rings is 1. The van der Waals surface area contributed by atoms with Crippen LogP contribution in [0.3, 0.4) is 0 Å². The van der Waals surface area contributed by atoms with Gasteiger partial charge in [0.1, 0.15) is 6.61 Å². The standard InChI is InChI=1S/C17H23N3O7S/c1-3-9-27-17(22)18-10-15(12-21)19(11-13(18)4-2)28(25,26)16-7-5-14(6-8-16)20(23)24/h3,5-8,13,15,21H,1,4,9-12H2,2H3/t13-,15-/m0/s1. The van der Waals surface area contributed by atoms with E-state index in [2.05, 4.69) is 6.58 Å². The number of amides is 1. The number of carbonyl (C=O) groups is 1. The fourth-order valence-electron chi connectivity index (χ4n) is 3.03. The van der Waals surface area contributed by atoms with Gasteiger partial charge in [-0.25, -0.2) is 13.2 Å². The molecule has 1 aromatic carbocycles. The van der Waals surface area contributed by atoms with E-state index in [4.69, 9.17) is 4.74 Å². The fourth-order valence-corrected chi connectivity index (χ4v) is 4.67. The second-order valence-corrected chi connectivity index (χ2v) is 8.13. The molecule has 1 saturated heterocycles. The molecular formula is C17H23N3O7S. The van der Waals surface area contributed by atoms with Crippen LogP contribution in [0.15, 0.2) is 41.8 Å². The molecule has 0 saturated carbocycles. The Morgan fingerprint density at radius 3 is 2.50 bits per heavy atom. The summed E-state index contributed by atoms with van der Waals surface area (Å²) in [6.45, 7) is 4.77. The number of nitro groups is 1. The van der Waals surface area contributed by atoms with Crippen LogP contribution in [0.25, 0.3) is 0 Å². The van der Waals surface area contributed by atoms with Gasteiger partial charge in [0.2, 0.25) is 10.0 Å². The number of benzene rings is 1. The molecule has 0 aliphatic carbocycles. The summed E-state index contributed by atoms with van der Waals surface area (Å²) in [5, 5.41) is 20.5. The summed E-state index contributed by atoms with van der Waals surface area (Å²) in [7, 11) is -4.02. The van der Waals surface area contributed by atoms with Crippen LogP contribution in [-0.2, 0) is 14.8 Å². The molecule has 1 fully saturated rings. The minimum atomic E-state index is -4.02. The van der Waals surface area contributed by atoms with Gasteiger partial charge in [-0.15, -0.1) is 0 Å². The quantitative estimate of drug-likeness (QED) is 0.406. The van der Waals surface area contributed by atoms with Crippen LogP contribution in [0.5, 0.6) is 0 Å². The number of rotatable bonds is 7. The minimum absolute atomic E-state index is 0.0236. The minimum Gasteiger partial charge on any atom is -0.445 e. The summed E-state index contributed by atoms with van der Waals surface area (Å²) in [5.74, 6) is 0. The first-order valence-corrected chi connectivity index (χ1v) is 10.1. The van der Waals surface area contributed by atoms with E-state index in [1.54, 1.807) is 0 Å². The average molecular weight is 413 g/mol. The molecule has 0 radical (unpaired) electrons. The van der Waals surface area contributed by atoms with Gasteiger partial charge < -0.3 is 14.7 Å². The van der Waals surface area contributed by atoms with Crippen LogP contribution < -0.4 is 0 Å². The fraction of sp³-hybridized carbons (Fsp3) is 0.471. The van der Waals surface area contributed by atoms with E-state index >= 15 is 0 Å². The van der Waals surface area contributed by atoms with Crippen molar-refractivity contribution in [1.82, 2.24) is 9.21 Å². The van der Waals surface area contributed by atoms with E-state index in [0.29, 0.717) is 6.42 Å². The summed E-state index contributed by atoms with van der Waals surface area (Å²) in [4.78, 5) is 23.7. The Bertz CT molecular complexity index is 826. The van der Waals surface area contributed by atoms with Crippen LogP contribution in [0.2, 0.25) is 0 Å². The Hall–Kier alpha value is -2.50. The molecule has 2 atom stereocenters. The molecule has 0 bridgehead atoms. The van der Waals surface area contributed by atoms with Gasteiger partial charge in [0.05, 0.1) is 22.5 Å². The highest BCUT2D eigenvalue weighted by Crippen LogP contribution is 2.27. The van der Waals surface area contributed by atoms with Crippen LogP contribution >= 0.6 is 0 Å². The summed E-state index contributed by atoms with van der Waals surface area (Å²) in [6, 6.07) is 3.25. The third-order valence-electron chi connectivity index (χ3n) is 4.54. The molecule has 1 aliphatic rings. The van der Waals surface area contributed by atoms with Crippen molar-refractivity contribution in [2.75, 3.05) is 26.3 Å². The van der Waals surface area contributed by atoms with Crippen LogP contribution in [0, 0.1) is 10.1 Å². The Morgan fingerprint density at radius 1 is 1.36 bits per heavy atom. The third kappa shape index (κ3) is 4.49. The SMILES string of the molecule is C=CCOC(=O)N1C[C@@H](CO)N(S(=O)(=O)c2ccc([N+](=O)[O-])cc2)C[C@@H]1CC. The Morgan fingerprint density at radius 2 is 2.00 bits per heavy atom. The van der Waals surface area contributed by atoms with Crippen molar-refractivity contribution in [3.05, 3.63) is 47.0 Å². The van der Waals surface area contributed by atoms with E-state index < -0.39 is 39.7 Å². The second kappa shape index (κ2) is 9.13. The molecule has 1 amide bonds. The van der Waals surface area contributed by atoms with Crippen molar-refractivity contribution < 1.29 is 28.0 Å². The molecule has 0 aromatic heterocycles. The molecule has 11 heteroatoms. The smallest absolute Gasteiger partial charge is 0.410 e. The molecule has 1 aliphatic heterocycles. The monoisotopic (exact) mass is 413 g/mol. The molecule has 28 heavy (non-hydrogen) atoms. The first-order valence-electron chi connectivity index (χ1n) is 8.67. The Kier molecular flexibility index (Phi) is 7.11. The molecule has 0 spiro atoms. The number of aliphatic hydroxyl groups is 1. The normalized spacial score (nSPS) is 20.6. The van der Waals surface area contributed by atoms with Gasteiger partial charge >= 0.3 is 6.09 Å². The summed E-state index contributed by atoms with van der Waals surface area (Å²) < 4.78 is 32.3. The first-order chi connectivity index (χ1) is 13.3. The van der Waals surface area contributed by atoms with E-state index in [-0.39, 0.29) is 30.3 Å². The molecule has 154 valence electrons. The highest BCUT2D eigenvalue weighted by Gasteiger charge is 2.42. The topological polar surface area (TPSA) is 130 Å². The second-order valence-electron chi connectivity index (χ2n) is 6.24. The largest absolute Gasteiger partial charge is 0.445 e. The molecule has 0 unspecified atom stereocenters. The van der Waals surface area contributed by atoms with Crippen LogP contribution in [0.1, 0.15) is 13.3 Å². The number of aliphatic hydroxyl groups excluding tert-OH is 1. The average Bonchev–Trinajstić information content (AvgIpc) is 2.70. The van der Waals surface area contributed by atoms with Gasteiger partial charge in [0, 0.05) is 31.3 Å². The number of ether oxygens (including phenoxy) is 1. The van der Waals surface area contributed by atoms with Gasteiger partial charge in [-0.05, 0) is 18.6 Å². The van der Waals surface area contributed by atoms with Crippen molar-refractivity contribution in [3.63, 3.8) is 0 Å². The highest BCUT2D eigenvalue weighted by molar-refractivity contribution is 7.89. The Labute approximate surface area is 163 Å². The van der Waals surface area contributed by atoms with Crippen molar-refractivity contribution >= 4 is 21.8 Å². The molecule has 10 nitrogen and oxygen atoms in total. The molecular weight excluding hydrogens is 390 g/mol. The van der Waals surface area contributed by atoms with Crippen molar-refractivity contribution in [2.45, 2.75) is 30.3 Å². The number of nitro benzene ring substituents is 1. The molecule has 1 aromatic rings. The van der Waals surface area contributed by atoms with Crippen molar-refractivity contribution in [2.24, 2.45) is 0 Å². The lowest BCUT2D eigenvalue weighted by Gasteiger charge is -2.44. The van der Waals surface area contributed by atoms with E-state index in [1.165, 1.54) is 11.0 Å². The maximum absolute atomic E-state index is 13.0. The summed E-state index contributed by atoms with van der Waals surface area (Å²) in [6.07, 6.45) is 1.31. The van der Waals surface area contributed by atoms with Gasteiger partial charge in [0.15, 0.2) is 0 Å². The zero-order chi connectivity index (χ0) is 20.9. The maximum Gasteiger partial charge on any atom is 0.410 e. The van der Waals surface area contributed by atoms with E-state index in [0.717, 1.165) is 28.6 Å². The lowest BCUT2D eigenvalue weighted by Crippen LogP contribution is -2.62. The van der Waals surface area contributed by atoms with Gasteiger partial charge in [-0.3, -0.25) is 10.1 Å². The van der Waals surface area contributed by atoms with E-state index in [1.807, 2.05) is 6.92 Å². The molecule has 1 heterocycles. The number of carbonyl (C=O) groups excluding carboxylic acids is 1. The Balaban J connectivity index is 2.30. The number of hydrogen-bond acceptors (Lipinski definition) is 7. The zero-order valence-electron chi connectivity index (χ0n) is 15.4. The van der Waals surface area contributed by atoms with Crippen LogP contribution in [0.4, 0.5) is 10.5 Å². The zero-order valence-corrected chi connectivity index (χ0v) is 16.2. The van der Waals surface area contributed by atoms with Crippen molar-refractivity contribution in [3.8, 4) is 0 Å². The highest BCUT2D eigenvalue weighted by atomic mass is 32.2. The molecule has 1 N–H and O–H groups in total. The van der Waals surface area contributed by atoms with Crippen LogP contribution in [-0.4, -0.2) is 72.1 Å². The molecule has 2 rings (SSSR count). The third-order valence-corrected chi connectivity index (χ3v) is 6.47. The summed E-state index contributed by atoms with van der Waals surface area (Å²) >= 11 is 0. The predicted molar refractivity (Wildman–Crippen MR) is 100 cm³/mol. The number of sulfonamides is 1. The maximum atomic E-state index is 13.0. The first kappa shape index (κ1) is 21.8. The lowest BCUT2D eigenvalue weighted by atomic mass is 10.1. The van der Waals surface area contributed by atoms with Gasteiger partial charge in [-0.2, -0.15) is 4.31 Å². The number of hydrogen-bond donors (Lipinski definition) is 1.